The highest BCUT2D eigenvalue weighted by Crippen LogP contribution is 2.37. The number of benzene rings is 2. The standard InChI is InChI=1S/C22H26BrN3O3S/c1-2-22(27)26-9-8-18-14-19(23)21(15-20(18)26)30(28,29)25-12-10-24(11-13-25)16-17-6-4-3-5-7-17/h3-7,14-15H,2,8-13,16H2,1H3. The van der Waals surface area contributed by atoms with E-state index in [4.69, 9.17) is 0 Å². The molecule has 160 valence electrons. The van der Waals surface area contributed by atoms with Crippen LogP contribution in [0, 0.1) is 0 Å². The van der Waals surface area contributed by atoms with Crippen LogP contribution in [0.1, 0.15) is 24.5 Å². The van der Waals surface area contributed by atoms with Crippen LogP contribution in [-0.2, 0) is 27.8 Å². The van der Waals surface area contributed by atoms with Crippen LogP contribution in [-0.4, -0.2) is 56.3 Å². The molecule has 2 aromatic rings. The molecule has 0 saturated carbocycles. The number of fused-ring (bicyclic) bond motifs is 1. The Hall–Kier alpha value is -1.74. The molecule has 0 atom stereocenters. The quantitative estimate of drug-likeness (QED) is 0.643. The predicted octanol–water partition coefficient (Wildman–Crippen LogP) is 3.25. The van der Waals surface area contributed by atoms with Gasteiger partial charge in [-0.2, -0.15) is 4.31 Å². The van der Waals surface area contributed by atoms with Crippen LogP contribution in [0.4, 0.5) is 5.69 Å². The number of hydrogen-bond acceptors (Lipinski definition) is 4. The van der Waals surface area contributed by atoms with Gasteiger partial charge in [0.15, 0.2) is 0 Å². The molecule has 2 aliphatic heterocycles. The zero-order chi connectivity index (χ0) is 21.3. The topological polar surface area (TPSA) is 60.9 Å². The summed E-state index contributed by atoms with van der Waals surface area (Å²) in [7, 11) is -3.64. The van der Waals surface area contributed by atoms with Gasteiger partial charge in [0.1, 0.15) is 0 Å². The Balaban J connectivity index is 1.51. The summed E-state index contributed by atoms with van der Waals surface area (Å²) in [5.74, 6) is 0.0222. The molecule has 2 aromatic carbocycles. The number of rotatable bonds is 5. The van der Waals surface area contributed by atoms with Gasteiger partial charge in [0.05, 0.1) is 4.90 Å². The van der Waals surface area contributed by atoms with E-state index in [1.165, 1.54) is 5.56 Å². The number of amides is 1. The van der Waals surface area contributed by atoms with Crippen molar-refractivity contribution in [3.8, 4) is 0 Å². The van der Waals surface area contributed by atoms with Gasteiger partial charge < -0.3 is 4.90 Å². The summed E-state index contributed by atoms with van der Waals surface area (Å²) in [5.41, 5.74) is 2.97. The van der Waals surface area contributed by atoms with Crippen molar-refractivity contribution in [1.82, 2.24) is 9.21 Å². The van der Waals surface area contributed by atoms with Gasteiger partial charge in [-0.15, -0.1) is 0 Å². The number of sulfonamides is 1. The van der Waals surface area contributed by atoms with Crippen molar-refractivity contribution in [3.05, 3.63) is 58.1 Å². The molecule has 0 bridgehead atoms. The molecule has 4 rings (SSSR count). The van der Waals surface area contributed by atoms with E-state index in [-0.39, 0.29) is 10.8 Å². The first-order chi connectivity index (χ1) is 14.4. The highest BCUT2D eigenvalue weighted by Gasteiger charge is 2.33. The fourth-order valence-corrected chi connectivity index (χ4v) is 6.64. The molecule has 1 amide bonds. The third-order valence-electron chi connectivity index (χ3n) is 5.83. The largest absolute Gasteiger partial charge is 0.312 e. The SMILES string of the molecule is CCC(=O)N1CCc2cc(Br)c(S(=O)(=O)N3CCN(Cc4ccccc4)CC3)cc21. The molecule has 0 spiro atoms. The highest BCUT2D eigenvalue weighted by molar-refractivity contribution is 9.10. The molecule has 1 saturated heterocycles. The molecule has 2 heterocycles. The van der Waals surface area contributed by atoms with Crippen molar-refractivity contribution >= 4 is 37.5 Å². The average Bonchev–Trinajstić information content (AvgIpc) is 3.16. The molecule has 2 aliphatic rings. The number of carbonyl (C=O) groups excluding carboxylic acids is 1. The van der Waals surface area contributed by atoms with Gasteiger partial charge in [-0.05, 0) is 45.6 Å². The Morgan fingerprint density at radius 3 is 2.40 bits per heavy atom. The highest BCUT2D eigenvalue weighted by atomic mass is 79.9. The molecule has 0 unspecified atom stereocenters. The maximum Gasteiger partial charge on any atom is 0.244 e. The van der Waals surface area contributed by atoms with E-state index in [0.717, 1.165) is 24.2 Å². The van der Waals surface area contributed by atoms with Crippen LogP contribution in [0.15, 0.2) is 51.8 Å². The van der Waals surface area contributed by atoms with Crippen LogP contribution >= 0.6 is 15.9 Å². The molecule has 0 N–H and O–H groups in total. The Morgan fingerprint density at radius 1 is 1.03 bits per heavy atom. The zero-order valence-electron chi connectivity index (χ0n) is 17.1. The monoisotopic (exact) mass is 491 g/mol. The Labute approximate surface area is 186 Å². The summed E-state index contributed by atoms with van der Waals surface area (Å²) in [4.78, 5) is 16.5. The Morgan fingerprint density at radius 2 is 1.73 bits per heavy atom. The molecule has 30 heavy (non-hydrogen) atoms. The summed E-state index contributed by atoms with van der Waals surface area (Å²) < 4.78 is 28.9. The zero-order valence-corrected chi connectivity index (χ0v) is 19.5. The maximum atomic E-state index is 13.4. The summed E-state index contributed by atoms with van der Waals surface area (Å²) >= 11 is 3.46. The van der Waals surface area contributed by atoms with Crippen molar-refractivity contribution in [3.63, 3.8) is 0 Å². The number of anilines is 1. The lowest BCUT2D eigenvalue weighted by molar-refractivity contribution is -0.118. The van der Waals surface area contributed by atoms with Crippen molar-refractivity contribution in [1.29, 1.82) is 0 Å². The van der Waals surface area contributed by atoms with Crippen molar-refractivity contribution < 1.29 is 13.2 Å². The average molecular weight is 492 g/mol. The van der Waals surface area contributed by atoms with E-state index in [2.05, 4.69) is 33.0 Å². The number of nitrogens with zero attached hydrogens (tertiary/aromatic N) is 3. The third-order valence-corrected chi connectivity index (χ3v) is 8.69. The van der Waals surface area contributed by atoms with Gasteiger partial charge in [-0.25, -0.2) is 8.42 Å². The lowest BCUT2D eigenvalue weighted by Crippen LogP contribution is -2.48. The van der Waals surface area contributed by atoms with E-state index < -0.39 is 10.0 Å². The smallest absolute Gasteiger partial charge is 0.244 e. The molecule has 0 aliphatic carbocycles. The minimum atomic E-state index is -3.64. The van der Waals surface area contributed by atoms with Crippen molar-refractivity contribution in [2.24, 2.45) is 0 Å². The van der Waals surface area contributed by atoms with Gasteiger partial charge in [0, 0.05) is 55.8 Å². The minimum absolute atomic E-state index is 0.0222. The van der Waals surface area contributed by atoms with E-state index >= 15 is 0 Å². The predicted molar refractivity (Wildman–Crippen MR) is 121 cm³/mol. The normalized spacial score (nSPS) is 17.9. The fourth-order valence-electron chi connectivity index (χ4n) is 4.14. The van der Waals surface area contributed by atoms with E-state index in [0.29, 0.717) is 43.6 Å². The molecular weight excluding hydrogens is 466 g/mol. The Bertz CT molecular complexity index is 1040. The second kappa shape index (κ2) is 8.78. The molecule has 1 fully saturated rings. The van der Waals surface area contributed by atoms with E-state index in [9.17, 15) is 13.2 Å². The summed E-state index contributed by atoms with van der Waals surface area (Å²) in [6.45, 7) is 5.55. The first-order valence-electron chi connectivity index (χ1n) is 10.3. The number of halogens is 1. The maximum absolute atomic E-state index is 13.4. The first-order valence-corrected chi connectivity index (χ1v) is 12.5. The van der Waals surface area contributed by atoms with Gasteiger partial charge in [-0.3, -0.25) is 9.69 Å². The van der Waals surface area contributed by atoms with Crippen molar-refractivity contribution in [2.45, 2.75) is 31.2 Å². The summed E-state index contributed by atoms with van der Waals surface area (Å²) in [6.07, 6.45) is 1.15. The van der Waals surface area contributed by atoms with Crippen molar-refractivity contribution in [2.75, 3.05) is 37.6 Å². The summed E-state index contributed by atoms with van der Waals surface area (Å²) in [5, 5.41) is 0. The lowest BCUT2D eigenvalue weighted by atomic mass is 10.2. The number of piperazine rings is 1. The molecule has 6 nitrogen and oxygen atoms in total. The summed E-state index contributed by atoms with van der Waals surface area (Å²) in [6, 6.07) is 13.8. The van der Waals surface area contributed by atoms with Gasteiger partial charge >= 0.3 is 0 Å². The van der Waals surface area contributed by atoms with Crippen LogP contribution in [0.5, 0.6) is 0 Å². The van der Waals surface area contributed by atoms with Crippen LogP contribution in [0.3, 0.4) is 0 Å². The second-order valence-corrected chi connectivity index (χ2v) is 10.5. The molecule has 8 heteroatoms. The van der Waals surface area contributed by atoms with Crippen LogP contribution in [0.2, 0.25) is 0 Å². The molecular formula is C22H26BrN3O3S. The van der Waals surface area contributed by atoms with E-state index in [1.54, 1.807) is 15.3 Å². The van der Waals surface area contributed by atoms with Gasteiger partial charge in [-0.1, -0.05) is 37.3 Å². The minimum Gasteiger partial charge on any atom is -0.312 e. The molecule has 0 radical (unpaired) electrons. The lowest BCUT2D eigenvalue weighted by Gasteiger charge is -2.34. The number of carbonyl (C=O) groups is 1. The van der Waals surface area contributed by atoms with Crippen LogP contribution < -0.4 is 4.90 Å². The van der Waals surface area contributed by atoms with E-state index in [1.807, 2.05) is 31.2 Å². The first kappa shape index (κ1) is 21.5. The van der Waals surface area contributed by atoms with Gasteiger partial charge in [0.2, 0.25) is 15.9 Å². The third kappa shape index (κ3) is 4.19. The van der Waals surface area contributed by atoms with Crippen LogP contribution in [0.25, 0.3) is 0 Å². The fraction of sp³-hybridized carbons (Fsp3) is 0.409. The Kier molecular flexibility index (Phi) is 6.29. The van der Waals surface area contributed by atoms with Gasteiger partial charge in [0.25, 0.3) is 0 Å². The number of hydrogen-bond donors (Lipinski definition) is 0. The molecule has 0 aromatic heterocycles. The second-order valence-electron chi connectivity index (χ2n) is 7.73.